The SMILES string of the molecule is COC(=O)C1=C(C)N=C(C)N[C@H]1c1ccc(F)c(F)c1. The molecule has 20 heavy (non-hydrogen) atoms. The Kier molecular flexibility index (Phi) is 3.83. The number of halogens is 2. The molecule has 0 fully saturated rings. The summed E-state index contributed by atoms with van der Waals surface area (Å²) in [6.07, 6.45) is 0. The van der Waals surface area contributed by atoms with Gasteiger partial charge in [0.15, 0.2) is 11.6 Å². The second kappa shape index (κ2) is 5.40. The Balaban J connectivity index is 2.51. The third-order valence-corrected chi connectivity index (χ3v) is 3.05. The fourth-order valence-electron chi connectivity index (χ4n) is 2.15. The average molecular weight is 280 g/mol. The Morgan fingerprint density at radius 1 is 1.30 bits per heavy atom. The number of allylic oxidation sites excluding steroid dienone is 1. The van der Waals surface area contributed by atoms with Gasteiger partial charge in [0.05, 0.1) is 30.3 Å². The van der Waals surface area contributed by atoms with E-state index in [4.69, 9.17) is 4.74 Å². The van der Waals surface area contributed by atoms with Crippen LogP contribution in [0.1, 0.15) is 25.5 Å². The Morgan fingerprint density at radius 2 is 2.00 bits per heavy atom. The van der Waals surface area contributed by atoms with Gasteiger partial charge in [-0.25, -0.2) is 18.6 Å². The van der Waals surface area contributed by atoms with E-state index in [2.05, 4.69) is 10.3 Å². The van der Waals surface area contributed by atoms with Gasteiger partial charge in [-0.2, -0.15) is 0 Å². The summed E-state index contributed by atoms with van der Waals surface area (Å²) in [7, 11) is 1.26. The van der Waals surface area contributed by atoms with Crippen LogP contribution in [0.2, 0.25) is 0 Å². The molecule has 0 saturated carbocycles. The highest BCUT2D eigenvalue weighted by Gasteiger charge is 2.29. The highest BCUT2D eigenvalue weighted by atomic mass is 19.2. The summed E-state index contributed by atoms with van der Waals surface area (Å²) in [5, 5.41) is 2.98. The minimum Gasteiger partial charge on any atom is -0.466 e. The Morgan fingerprint density at radius 3 is 2.60 bits per heavy atom. The highest BCUT2D eigenvalue weighted by molar-refractivity contribution is 5.95. The predicted molar refractivity (Wildman–Crippen MR) is 70.1 cm³/mol. The number of ether oxygens (including phenoxy) is 1. The molecule has 1 aliphatic rings. The normalized spacial score (nSPS) is 18.4. The number of benzene rings is 1. The molecule has 0 radical (unpaired) electrons. The monoisotopic (exact) mass is 280 g/mol. The van der Waals surface area contributed by atoms with Crippen molar-refractivity contribution in [2.24, 2.45) is 4.99 Å². The second-order valence-electron chi connectivity index (χ2n) is 4.44. The molecule has 0 aliphatic carbocycles. The molecule has 1 N–H and O–H groups in total. The van der Waals surface area contributed by atoms with E-state index in [-0.39, 0.29) is 5.57 Å². The Bertz CT molecular complexity index is 624. The van der Waals surface area contributed by atoms with Crippen LogP contribution in [0.25, 0.3) is 0 Å². The number of esters is 1. The number of methoxy groups -OCH3 is 1. The first kappa shape index (κ1) is 14.2. The predicted octanol–water partition coefficient (Wildman–Crippen LogP) is 2.47. The molecular weight excluding hydrogens is 266 g/mol. The molecule has 1 aromatic rings. The second-order valence-corrected chi connectivity index (χ2v) is 4.44. The molecule has 4 nitrogen and oxygen atoms in total. The van der Waals surface area contributed by atoms with Crippen molar-refractivity contribution in [3.8, 4) is 0 Å². The van der Waals surface area contributed by atoms with Crippen molar-refractivity contribution in [2.45, 2.75) is 19.9 Å². The number of carbonyl (C=O) groups excluding carboxylic acids is 1. The van der Waals surface area contributed by atoms with E-state index in [9.17, 15) is 13.6 Å². The smallest absolute Gasteiger partial charge is 0.338 e. The lowest BCUT2D eigenvalue weighted by Crippen LogP contribution is -2.34. The van der Waals surface area contributed by atoms with Gasteiger partial charge in [-0.15, -0.1) is 0 Å². The van der Waals surface area contributed by atoms with Gasteiger partial charge in [0.25, 0.3) is 0 Å². The third-order valence-electron chi connectivity index (χ3n) is 3.05. The quantitative estimate of drug-likeness (QED) is 0.847. The van der Waals surface area contributed by atoms with E-state index < -0.39 is 23.6 Å². The average Bonchev–Trinajstić information content (AvgIpc) is 2.40. The van der Waals surface area contributed by atoms with Crippen LogP contribution in [0, 0.1) is 11.6 Å². The van der Waals surface area contributed by atoms with Crippen LogP contribution in [-0.2, 0) is 9.53 Å². The number of carbonyl (C=O) groups is 1. The van der Waals surface area contributed by atoms with Crippen LogP contribution < -0.4 is 5.32 Å². The lowest BCUT2D eigenvalue weighted by molar-refractivity contribution is -0.136. The van der Waals surface area contributed by atoms with Crippen molar-refractivity contribution in [1.29, 1.82) is 0 Å². The zero-order chi connectivity index (χ0) is 14.9. The molecule has 1 aromatic carbocycles. The van der Waals surface area contributed by atoms with Crippen molar-refractivity contribution < 1.29 is 18.3 Å². The summed E-state index contributed by atoms with van der Waals surface area (Å²) in [5.41, 5.74) is 1.20. The first-order chi connectivity index (χ1) is 9.43. The van der Waals surface area contributed by atoms with E-state index >= 15 is 0 Å². The van der Waals surface area contributed by atoms with E-state index in [0.717, 1.165) is 12.1 Å². The van der Waals surface area contributed by atoms with Gasteiger partial charge >= 0.3 is 5.97 Å². The number of amidine groups is 1. The van der Waals surface area contributed by atoms with Crippen LogP contribution in [0.15, 0.2) is 34.5 Å². The molecule has 1 heterocycles. The van der Waals surface area contributed by atoms with Crippen LogP contribution in [0.4, 0.5) is 8.78 Å². The van der Waals surface area contributed by atoms with Crippen LogP contribution >= 0.6 is 0 Å². The standard InChI is InChI=1S/C14H14F2N2O2/c1-7-12(14(19)20-3)13(18-8(2)17-7)9-4-5-10(15)11(16)6-9/h4-6,13H,1-3H3,(H,17,18)/t13-/m0/s1. The third kappa shape index (κ3) is 2.54. The molecule has 0 unspecified atom stereocenters. The lowest BCUT2D eigenvalue weighted by Gasteiger charge is -2.26. The Hall–Kier alpha value is -2.24. The van der Waals surface area contributed by atoms with E-state index in [1.807, 2.05) is 0 Å². The van der Waals surface area contributed by atoms with E-state index in [0.29, 0.717) is 17.1 Å². The number of nitrogens with zero attached hydrogens (tertiary/aromatic N) is 1. The maximum absolute atomic E-state index is 13.4. The van der Waals surface area contributed by atoms with Gasteiger partial charge in [0, 0.05) is 0 Å². The van der Waals surface area contributed by atoms with Gasteiger partial charge < -0.3 is 10.1 Å². The summed E-state index contributed by atoms with van der Waals surface area (Å²) in [4.78, 5) is 16.0. The number of rotatable bonds is 2. The summed E-state index contributed by atoms with van der Waals surface area (Å²) in [5.74, 6) is -1.87. The van der Waals surface area contributed by atoms with Crippen LogP contribution in [0.5, 0.6) is 0 Å². The highest BCUT2D eigenvalue weighted by Crippen LogP contribution is 2.29. The molecule has 2 rings (SSSR count). The van der Waals surface area contributed by atoms with E-state index in [1.54, 1.807) is 13.8 Å². The van der Waals surface area contributed by atoms with Crippen LogP contribution in [0.3, 0.4) is 0 Å². The Labute approximate surface area is 115 Å². The minimum atomic E-state index is -0.966. The maximum Gasteiger partial charge on any atom is 0.338 e. The van der Waals surface area contributed by atoms with Gasteiger partial charge in [0.1, 0.15) is 0 Å². The number of hydrogen-bond acceptors (Lipinski definition) is 4. The van der Waals surface area contributed by atoms with E-state index in [1.165, 1.54) is 13.2 Å². The first-order valence-electron chi connectivity index (χ1n) is 6.00. The van der Waals surface area contributed by atoms with Crippen molar-refractivity contribution in [2.75, 3.05) is 7.11 Å². The zero-order valence-electron chi connectivity index (χ0n) is 11.3. The van der Waals surface area contributed by atoms with Gasteiger partial charge in [-0.3, -0.25) is 0 Å². The molecule has 1 aliphatic heterocycles. The van der Waals surface area contributed by atoms with Crippen molar-refractivity contribution in [1.82, 2.24) is 5.32 Å². The molecule has 1 atom stereocenters. The number of aliphatic imine (C=N–C) groups is 1. The molecule has 106 valence electrons. The summed E-state index contributed by atoms with van der Waals surface area (Å²) in [6.45, 7) is 3.40. The minimum absolute atomic E-state index is 0.282. The maximum atomic E-state index is 13.4. The largest absolute Gasteiger partial charge is 0.466 e. The molecule has 0 bridgehead atoms. The van der Waals surface area contributed by atoms with Crippen molar-refractivity contribution in [3.05, 3.63) is 46.7 Å². The topological polar surface area (TPSA) is 50.7 Å². The van der Waals surface area contributed by atoms with Gasteiger partial charge in [-0.1, -0.05) is 6.07 Å². The number of hydrogen-bond donors (Lipinski definition) is 1. The molecule has 0 saturated heterocycles. The van der Waals surface area contributed by atoms with Crippen LogP contribution in [-0.4, -0.2) is 18.9 Å². The van der Waals surface area contributed by atoms with Gasteiger partial charge in [-0.05, 0) is 31.5 Å². The fourth-order valence-corrected chi connectivity index (χ4v) is 2.15. The lowest BCUT2D eigenvalue weighted by atomic mass is 9.95. The fraction of sp³-hybridized carbons (Fsp3) is 0.286. The zero-order valence-corrected chi connectivity index (χ0v) is 11.3. The number of nitrogens with one attached hydrogen (secondary N) is 1. The first-order valence-corrected chi connectivity index (χ1v) is 6.00. The van der Waals surface area contributed by atoms with Gasteiger partial charge in [0.2, 0.25) is 0 Å². The molecule has 0 spiro atoms. The molecule has 0 amide bonds. The van der Waals surface area contributed by atoms with Crippen molar-refractivity contribution >= 4 is 11.8 Å². The molecular formula is C14H14F2N2O2. The summed E-state index contributed by atoms with van der Waals surface area (Å²) >= 11 is 0. The summed E-state index contributed by atoms with van der Waals surface area (Å²) in [6, 6.07) is 2.89. The van der Waals surface area contributed by atoms with Crippen molar-refractivity contribution in [3.63, 3.8) is 0 Å². The summed E-state index contributed by atoms with van der Waals surface area (Å²) < 4.78 is 31.1. The molecule has 0 aromatic heterocycles. The molecule has 6 heteroatoms.